The molecule has 2 aromatic carbocycles. The van der Waals surface area contributed by atoms with Crippen LogP contribution in [-0.2, 0) is 9.59 Å². The van der Waals surface area contributed by atoms with Crippen LogP contribution in [0.1, 0.15) is 19.4 Å². The zero-order valence-electron chi connectivity index (χ0n) is 13.4. The Kier molecular flexibility index (Phi) is 5.36. The second-order valence-electron chi connectivity index (χ2n) is 5.32. The van der Waals surface area contributed by atoms with E-state index in [4.69, 9.17) is 4.74 Å². The molecule has 0 radical (unpaired) electrons. The van der Waals surface area contributed by atoms with Crippen molar-refractivity contribution in [3.05, 3.63) is 54.1 Å². The number of hydrogen-bond acceptors (Lipinski definition) is 3. The average Bonchev–Trinajstić information content (AvgIpc) is 2.48. The van der Waals surface area contributed by atoms with Crippen molar-refractivity contribution >= 4 is 23.2 Å². The van der Waals surface area contributed by atoms with E-state index in [9.17, 15) is 9.59 Å². The molecule has 0 heterocycles. The lowest BCUT2D eigenvalue weighted by Crippen LogP contribution is -2.30. The number of aryl methyl sites for hydroxylation is 1. The molecule has 0 saturated carbocycles. The lowest BCUT2D eigenvalue weighted by atomic mass is 10.2. The van der Waals surface area contributed by atoms with Crippen LogP contribution in [0.3, 0.4) is 0 Å². The maximum Gasteiger partial charge on any atom is 0.265 e. The standard InChI is InChI=1S/C18H20N2O3/c1-12-5-4-6-17(11-12)23-13(2)18(22)20-16-9-7-15(8-10-16)19-14(3)21/h4-11,13H,1-3H3,(H,19,21)(H,20,22)/t13-/m1/s1. The van der Waals surface area contributed by atoms with Gasteiger partial charge in [0.05, 0.1) is 0 Å². The second kappa shape index (κ2) is 7.45. The van der Waals surface area contributed by atoms with E-state index < -0.39 is 6.10 Å². The summed E-state index contributed by atoms with van der Waals surface area (Å²) in [4.78, 5) is 23.1. The molecule has 0 bridgehead atoms. The summed E-state index contributed by atoms with van der Waals surface area (Å²) in [6.07, 6.45) is -0.619. The highest BCUT2D eigenvalue weighted by Crippen LogP contribution is 2.16. The van der Waals surface area contributed by atoms with Gasteiger partial charge in [-0.1, -0.05) is 12.1 Å². The molecule has 0 aliphatic heterocycles. The van der Waals surface area contributed by atoms with E-state index in [-0.39, 0.29) is 11.8 Å². The van der Waals surface area contributed by atoms with Crippen LogP contribution in [0.15, 0.2) is 48.5 Å². The number of carbonyl (C=O) groups is 2. The molecule has 0 unspecified atom stereocenters. The quantitative estimate of drug-likeness (QED) is 0.889. The fraction of sp³-hybridized carbons (Fsp3) is 0.222. The minimum atomic E-state index is -0.619. The summed E-state index contributed by atoms with van der Waals surface area (Å²) in [5.41, 5.74) is 2.40. The van der Waals surface area contributed by atoms with Crippen molar-refractivity contribution in [2.45, 2.75) is 26.9 Å². The van der Waals surface area contributed by atoms with Crippen molar-refractivity contribution in [1.82, 2.24) is 0 Å². The monoisotopic (exact) mass is 312 g/mol. The molecule has 2 rings (SSSR count). The minimum absolute atomic E-state index is 0.137. The number of rotatable bonds is 5. The van der Waals surface area contributed by atoms with Crippen LogP contribution in [0, 0.1) is 6.92 Å². The third-order valence-corrected chi connectivity index (χ3v) is 3.14. The van der Waals surface area contributed by atoms with Gasteiger partial charge in [0.2, 0.25) is 5.91 Å². The smallest absolute Gasteiger partial charge is 0.265 e. The number of hydrogen-bond donors (Lipinski definition) is 2. The van der Waals surface area contributed by atoms with Gasteiger partial charge in [-0.2, -0.15) is 0 Å². The Labute approximate surface area is 135 Å². The zero-order valence-corrected chi connectivity index (χ0v) is 13.4. The van der Waals surface area contributed by atoms with E-state index in [1.165, 1.54) is 6.92 Å². The molecule has 0 saturated heterocycles. The topological polar surface area (TPSA) is 67.4 Å². The van der Waals surface area contributed by atoms with Crippen LogP contribution in [-0.4, -0.2) is 17.9 Å². The molecule has 2 amide bonds. The van der Waals surface area contributed by atoms with E-state index in [0.717, 1.165) is 5.56 Å². The summed E-state index contributed by atoms with van der Waals surface area (Å²) in [6.45, 7) is 5.11. The molecule has 0 aromatic heterocycles. The third kappa shape index (κ3) is 5.14. The highest BCUT2D eigenvalue weighted by Gasteiger charge is 2.14. The maximum absolute atomic E-state index is 12.2. The molecule has 0 aliphatic rings. The fourth-order valence-corrected chi connectivity index (χ4v) is 2.03. The molecule has 0 spiro atoms. The maximum atomic E-state index is 12.2. The van der Waals surface area contributed by atoms with E-state index in [1.54, 1.807) is 31.2 Å². The molecule has 2 aromatic rings. The first kappa shape index (κ1) is 16.5. The summed E-state index contributed by atoms with van der Waals surface area (Å²) >= 11 is 0. The molecule has 23 heavy (non-hydrogen) atoms. The van der Waals surface area contributed by atoms with Gasteiger partial charge in [0.1, 0.15) is 5.75 Å². The number of benzene rings is 2. The highest BCUT2D eigenvalue weighted by molar-refractivity contribution is 5.94. The van der Waals surface area contributed by atoms with Gasteiger partial charge in [0.25, 0.3) is 5.91 Å². The van der Waals surface area contributed by atoms with Crippen LogP contribution in [0.4, 0.5) is 11.4 Å². The number of carbonyl (C=O) groups excluding carboxylic acids is 2. The Morgan fingerprint density at radius 3 is 2.17 bits per heavy atom. The summed E-state index contributed by atoms with van der Waals surface area (Å²) in [6, 6.07) is 14.5. The largest absolute Gasteiger partial charge is 0.481 e. The van der Waals surface area contributed by atoms with Gasteiger partial charge in [-0.25, -0.2) is 0 Å². The molecular weight excluding hydrogens is 292 g/mol. The molecule has 0 fully saturated rings. The number of nitrogens with one attached hydrogen (secondary N) is 2. The van der Waals surface area contributed by atoms with Crippen molar-refractivity contribution < 1.29 is 14.3 Å². The molecule has 1 atom stereocenters. The van der Waals surface area contributed by atoms with Crippen LogP contribution in [0.25, 0.3) is 0 Å². The average molecular weight is 312 g/mol. The summed E-state index contributed by atoms with van der Waals surface area (Å²) < 4.78 is 5.64. The Morgan fingerprint density at radius 1 is 1.00 bits per heavy atom. The zero-order chi connectivity index (χ0) is 16.8. The van der Waals surface area contributed by atoms with Crippen LogP contribution in [0.2, 0.25) is 0 Å². The predicted octanol–water partition coefficient (Wildman–Crippen LogP) is 3.36. The third-order valence-electron chi connectivity index (χ3n) is 3.14. The number of amides is 2. The summed E-state index contributed by atoms with van der Waals surface area (Å²) in [5, 5.41) is 5.45. The summed E-state index contributed by atoms with van der Waals surface area (Å²) in [5.74, 6) is 0.286. The van der Waals surface area contributed by atoms with Gasteiger partial charge in [-0.3, -0.25) is 9.59 Å². The van der Waals surface area contributed by atoms with Crippen LogP contribution >= 0.6 is 0 Å². The lowest BCUT2D eigenvalue weighted by Gasteiger charge is -2.15. The highest BCUT2D eigenvalue weighted by atomic mass is 16.5. The predicted molar refractivity (Wildman–Crippen MR) is 90.6 cm³/mol. The van der Waals surface area contributed by atoms with E-state index >= 15 is 0 Å². The van der Waals surface area contributed by atoms with Crippen molar-refractivity contribution in [2.24, 2.45) is 0 Å². The Morgan fingerprint density at radius 2 is 1.61 bits per heavy atom. The van der Waals surface area contributed by atoms with Crippen LogP contribution in [0.5, 0.6) is 5.75 Å². The van der Waals surface area contributed by atoms with Gasteiger partial charge in [0.15, 0.2) is 6.10 Å². The lowest BCUT2D eigenvalue weighted by molar-refractivity contribution is -0.122. The first-order valence-electron chi connectivity index (χ1n) is 7.36. The minimum Gasteiger partial charge on any atom is -0.481 e. The number of ether oxygens (including phenoxy) is 1. The first-order valence-corrected chi connectivity index (χ1v) is 7.36. The summed E-state index contributed by atoms with van der Waals surface area (Å²) in [7, 11) is 0. The van der Waals surface area contributed by atoms with Gasteiger partial charge in [-0.05, 0) is 55.8 Å². The SMILES string of the molecule is CC(=O)Nc1ccc(NC(=O)[C@@H](C)Oc2cccc(C)c2)cc1. The van der Waals surface area contributed by atoms with Crippen LogP contribution < -0.4 is 15.4 Å². The van der Waals surface area contributed by atoms with E-state index in [2.05, 4.69) is 10.6 Å². The molecule has 5 heteroatoms. The molecule has 5 nitrogen and oxygen atoms in total. The van der Waals surface area contributed by atoms with Crippen molar-refractivity contribution in [1.29, 1.82) is 0 Å². The molecule has 2 N–H and O–H groups in total. The fourth-order valence-electron chi connectivity index (χ4n) is 2.03. The normalized spacial score (nSPS) is 11.4. The van der Waals surface area contributed by atoms with E-state index in [0.29, 0.717) is 17.1 Å². The Hall–Kier alpha value is -2.82. The number of anilines is 2. The molecular formula is C18H20N2O3. The van der Waals surface area contributed by atoms with Crippen molar-refractivity contribution in [2.75, 3.05) is 10.6 Å². The second-order valence-corrected chi connectivity index (χ2v) is 5.32. The Bertz CT molecular complexity index is 696. The van der Waals surface area contributed by atoms with Gasteiger partial charge in [-0.15, -0.1) is 0 Å². The molecule has 120 valence electrons. The van der Waals surface area contributed by atoms with Gasteiger partial charge in [0, 0.05) is 18.3 Å². The Balaban J connectivity index is 1.94. The van der Waals surface area contributed by atoms with Crippen molar-refractivity contribution in [3.63, 3.8) is 0 Å². The van der Waals surface area contributed by atoms with Crippen molar-refractivity contribution in [3.8, 4) is 5.75 Å². The molecule has 0 aliphatic carbocycles. The van der Waals surface area contributed by atoms with Gasteiger partial charge >= 0.3 is 0 Å². The first-order chi connectivity index (χ1) is 10.9. The van der Waals surface area contributed by atoms with Gasteiger partial charge < -0.3 is 15.4 Å². The van der Waals surface area contributed by atoms with E-state index in [1.807, 2.05) is 31.2 Å².